The summed E-state index contributed by atoms with van der Waals surface area (Å²) in [6.07, 6.45) is 9.47. The van der Waals surface area contributed by atoms with Crippen LogP contribution in [0.4, 0.5) is 5.69 Å². The fourth-order valence-corrected chi connectivity index (χ4v) is 8.15. The first kappa shape index (κ1) is 33.3. The van der Waals surface area contributed by atoms with Crippen molar-refractivity contribution in [3.8, 4) is 5.75 Å². The largest absolute Gasteiger partial charge is 0.487 e. The quantitative estimate of drug-likeness (QED) is 0.323. The lowest BCUT2D eigenvalue weighted by atomic mass is 9.70. The van der Waals surface area contributed by atoms with Crippen LogP contribution in [0.15, 0.2) is 48.6 Å². The minimum atomic E-state index is -3.93. The first-order valence-electron chi connectivity index (χ1n) is 15.9. The second kappa shape index (κ2) is 15.0. The lowest BCUT2D eigenvalue weighted by molar-refractivity contribution is -0.149. The molecule has 1 N–H and O–H groups in total. The Labute approximate surface area is 271 Å². The van der Waals surface area contributed by atoms with Gasteiger partial charge in [-0.05, 0) is 105 Å². The van der Waals surface area contributed by atoms with Gasteiger partial charge in [-0.2, -0.15) is 0 Å². The number of carbonyl (C=O) groups is 2. The second-order valence-corrected chi connectivity index (χ2v) is 14.5. The van der Waals surface area contributed by atoms with Crippen LogP contribution in [0.1, 0.15) is 73.4 Å². The number of sulfonamides is 1. The lowest BCUT2D eigenvalue weighted by Crippen LogP contribution is -2.44. The summed E-state index contributed by atoms with van der Waals surface area (Å²) in [5.74, 6) is -0.0114. The van der Waals surface area contributed by atoms with Crippen molar-refractivity contribution >= 4 is 39.2 Å². The molecule has 4 atom stereocenters. The highest BCUT2D eigenvalue weighted by molar-refractivity contribution is 7.90. The number of nitrogens with one attached hydrogen (secondary N) is 1. The third kappa shape index (κ3) is 8.20. The third-order valence-corrected chi connectivity index (χ3v) is 11.5. The predicted molar refractivity (Wildman–Crippen MR) is 174 cm³/mol. The summed E-state index contributed by atoms with van der Waals surface area (Å²) in [6.45, 7) is 3.42. The molecule has 0 saturated heterocycles. The van der Waals surface area contributed by atoms with E-state index in [0.29, 0.717) is 43.2 Å². The fraction of sp³-hybridized carbons (Fsp3) is 0.529. The number of aryl methyl sites for hydroxylation is 1. The molecule has 3 aliphatic rings. The first-order valence-corrected chi connectivity index (χ1v) is 17.8. The van der Waals surface area contributed by atoms with Gasteiger partial charge in [-0.3, -0.25) is 4.79 Å². The molecular formula is C34H43ClN2O7S. The number of amides is 1. The number of halogens is 1. The van der Waals surface area contributed by atoms with E-state index in [4.69, 9.17) is 25.8 Å². The predicted octanol–water partition coefficient (Wildman–Crippen LogP) is 5.83. The van der Waals surface area contributed by atoms with Crippen LogP contribution in [0.3, 0.4) is 0 Å². The highest BCUT2D eigenvalue weighted by Crippen LogP contribution is 2.42. The van der Waals surface area contributed by atoms with Gasteiger partial charge in [0.15, 0.2) is 0 Å². The molecule has 244 valence electrons. The Morgan fingerprint density at radius 3 is 2.71 bits per heavy atom. The topological polar surface area (TPSA) is 111 Å². The van der Waals surface area contributed by atoms with E-state index in [1.165, 1.54) is 7.11 Å². The van der Waals surface area contributed by atoms with Crippen molar-refractivity contribution in [3.05, 3.63) is 70.3 Å². The summed E-state index contributed by atoms with van der Waals surface area (Å²) >= 11 is 6.32. The van der Waals surface area contributed by atoms with Crippen molar-refractivity contribution in [2.45, 2.75) is 76.3 Å². The number of anilines is 1. The average molecular weight is 659 g/mol. The zero-order valence-corrected chi connectivity index (χ0v) is 27.6. The van der Waals surface area contributed by atoms with Gasteiger partial charge >= 0.3 is 5.97 Å². The molecule has 0 radical (unpaired) electrons. The molecule has 1 amide bonds. The van der Waals surface area contributed by atoms with E-state index >= 15 is 0 Å². The molecule has 2 heterocycles. The number of fused-ring (bicyclic) bond motifs is 3. The lowest BCUT2D eigenvalue weighted by Gasteiger charge is -2.44. The van der Waals surface area contributed by atoms with Crippen molar-refractivity contribution in [2.75, 3.05) is 31.7 Å². The van der Waals surface area contributed by atoms with Crippen LogP contribution >= 0.6 is 11.6 Å². The molecule has 0 unspecified atom stereocenters. The molecule has 1 fully saturated rings. The molecule has 2 aromatic rings. The summed E-state index contributed by atoms with van der Waals surface area (Å²) in [4.78, 5) is 27.6. The molecule has 2 bridgehead atoms. The maximum absolute atomic E-state index is 13.4. The van der Waals surface area contributed by atoms with Gasteiger partial charge in [-0.1, -0.05) is 36.7 Å². The molecule has 45 heavy (non-hydrogen) atoms. The first-order chi connectivity index (χ1) is 21.7. The molecule has 1 aliphatic carbocycles. The fourth-order valence-electron chi connectivity index (χ4n) is 6.52. The van der Waals surface area contributed by atoms with Crippen molar-refractivity contribution in [1.29, 1.82) is 0 Å². The van der Waals surface area contributed by atoms with E-state index in [2.05, 4.69) is 9.62 Å². The van der Waals surface area contributed by atoms with E-state index in [1.54, 1.807) is 25.1 Å². The number of hydrogen-bond acceptors (Lipinski definition) is 8. The van der Waals surface area contributed by atoms with Crippen LogP contribution in [-0.2, 0) is 37.3 Å². The van der Waals surface area contributed by atoms with Crippen molar-refractivity contribution in [2.24, 2.45) is 11.8 Å². The van der Waals surface area contributed by atoms with Gasteiger partial charge < -0.3 is 19.1 Å². The molecule has 11 heteroatoms. The Morgan fingerprint density at radius 1 is 1.11 bits per heavy atom. The molecule has 1 saturated carbocycles. The minimum absolute atomic E-state index is 0.152. The summed E-state index contributed by atoms with van der Waals surface area (Å²) in [5, 5.41) is -0.0433. The second-order valence-electron chi connectivity index (χ2n) is 12.2. The van der Waals surface area contributed by atoms with Gasteiger partial charge in [0.2, 0.25) is 10.0 Å². The van der Waals surface area contributed by atoms with Crippen molar-refractivity contribution < 1.29 is 32.2 Å². The number of ether oxygens (including phenoxy) is 3. The molecule has 0 spiro atoms. The van der Waals surface area contributed by atoms with Gasteiger partial charge in [0.1, 0.15) is 19.0 Å². The standard InChI is InChI=1S/C34H43ClN2O7S/c1-3-28-9-4-5-10-31(44-22-33(38)42-2)29-15-12-25(29)20-37-17-7-6-8-23-18-27(35)14-11-26(23)21-43-32-16-13-24(19-30(32)37)34(39)36-45(28,40)41/h5,10-11,13-14,16,18-19,25,28-29,31H,3-4,6-9,12,15,17,20-22H2,1-2H3,(H,36,39)/b10-5+/t25-,28+,29+,31-/m0/s1. The number of nitrogens with zero attached hydrogens (tertiary/aromatic N) is 1. The van der Waals surface area contributed by atoms with E-state index < -0.39 is 27.1 Å². The Balaban J connectivity index is 1.52. The zero-order valence-electron chi connectivity index (χ0n) is 26.0. The highest BCUT2D eigenvalue weighted by atomic mass is 35.5. The maximum atomic E-state index is 13.4. The summed E-state index contributed by atoms with van der Waals surface area (Å²) < 4.78 is 46.3. The van der Waals surface area contributed by atoms with Crippen LogP contribution in [0, 0.1) is 11.8 Å². The van der Waals surface area contributed by atoms with Crippen LogP contribution in [-0.4, -0.2) is 58.5 Å². The molecule has 9 nitrogen and oxygen atoms in total. The average Bonchev–Trinajstić information content (AvgIpc) is 3.03. The van der Waals surface area contributed by atoms with Crippen molar-refractivity contribution in [3.63, 3.8) is 0 Å². The van der Waals surface area contributed by atoms with E-state index in [1.807, 2.05) is 30.4 Å². The number of hydrogen-bond donors (Lipinski definition) is 1. The Morgan fingerprint density at radius 2 is 1.96 bits per heavy atom. The number of carbonyl (C=O) groups excluding carboxylic acids is 2. The number of esters is 1. The van der Waals surface area contributed by atoms with Gasteiger partial charge in [0.05, 0.1) is 24.2 Å². The van der Waals surface area contributed by atoms with Gasteiger partial charge in [-0.25, -0.2) is 17.9 Å². The Bertz CT molecular complexity index is 1510. The molecule has 0 aromatic heterocycles. The van der Waals surface area contributed by atoms with Crippen molar-refractivity contribution in [1.82, 2.24) is 4.72 Å². The van der Waals surface area contributed by atoms with Gasteiger partial charge in [0, 0.05) is 23.7 Å². The number of benzene rings is 2. The van der Waals surface area contributed by atoms with E-state index in [0.717, 1.165) is 55.5 Å². The Kier molecular flexibility index (Phi) is 11.1. The summed E-state index contributed by atoms with van der Waals surface area (Å²) in [6, 6.07) is 11.0. The zero-order chi connectivity index (χ0) is 32.0. The molecular weight excluding hydrogens is 616 g/mol. The van der Waals surface area contributed by atoms with E-state index in [9.17, 15) is 18.0 Å². The summed E-state index contributed by atoms with van der Waals surface area (Å²) in [7, 11) is -2.59. The van der Waals surface area contributed by atoms with Gasteiger partial charge in [0.25, 0.3) is 5.91 Å². The number of methoxy groups -OCH3 is 1. The summed E-state index contributed by atoms with van der Waals surface area (Å²) in [5.41, 5.74) is 3.23. The minimum Gasteiger partial charge on any atom is -0.487 e. The normalized spacial score (nSPS) is 26.0. The highest BCUT2D eigenvalue weighted by Gasteiger charge is 2.38. The number of rotatable bonds is 4. The Hall–Kier alpha value is -3.08. The number of allylic oxidation sites excluding steroid dienone is 1. The SMILES string of the molecule is CC[C@@H]1CC/C=C/[C@H](OCC(=O)OC)[C@@H]2CC[C@H]2CN2CCCCc3cc(Cl)ccc3COc3ccc(cc32)C(=O)NS1(=O)=O. The third-order valence-electron chi connectivity index (χ3n) is 9.32. The van der Waals surface area contributed by atoms with Crippen LogP contribution in [0.2, 0.25) is 5.02 Å². The van der Waals surface area contributed by atoms with Crippen LogP contribution in [0.5, 0.6) is 5.75 Å². The van der Waals surface area contributed by atoms with Gasteiger partial charge in [-0.15, -0.1) is 0 Å². The monoisotopic (exact) mass is 658 g/mol. The molecule has 2 aliphatic heterocycles. The molecule has 5 rings (SSSR count). The maximum Gasteiger partial charge on any atom is 0.331 e. The smallest absolute Gasteiger partial charge is 0.331 e. The van der Waals surface area contributed by atoms with E-state index in [-0.39, 0.29) is 30.1 Å². The van der Waals surface area contributed by atoms with Crippen LogP contribution in [0.25, 0.3) is 0 Å². The van der Waals surface area contributed by atoms with Crippen LogP contribution < -0.4 is 14.4 Å². The molecule has 2 aromatic carbocycles.